The molecular weight excluding hydrogens is 624 g/mol. The summed E-state index contributed by atoms with van der Waals surface area (Å²) in [6, 6.07) is 9.82. The summed E-state index contributed by atoms with van der Waals surface area (Å²) < 4.78 is 0. The van der Waals surface area contributed by atoms with Crippen molar-refractivity contribution in [2.75, 3.05) is 26.4 Å². The van der Waals surface area contributed by atoms with Crippen LogP contribution in [0.2, 0.25) is 0 Å². The van der Waals surface area contributed by atoms with Gasteiger partial charge in [0.25, 0.3) is 0 Å². The molecule has 1 unspecified atom stereocenters. The maximum atomic E-state index is 9.96. The van der Waals surface area contributed by atoms with Crippen LogP contribution in [-0.4, -0.2) is 37.8 Å². The van der Waals surface area contributed by atoms with E-state index in [-0.39, 0.29) is 57.5 Å². The summed E-state index contributed by atoms with van der Waals surface area (Å²) in [4.78, 5) is 4.21. The van der Waals surface area contributed by atoms with Gasteiger partial charge in [0.2, 0.25) is 0 Å². The van der Waals surface area contributed by atoms with Crippen LogP contribution >= 0.6 is 12.6 Å². The van der Waals surface area contributed by atoms with Crippen molar-refractivity contribution in [2.24, 2.45) is 16.1 Å². The molecule has 0 aliphatic heterocycles. The van der Waals surface area contributed by atoms with Crippen LogP contribution in [0.5, 0.6) is 0 Å². The molecule has 1 atom stereocenters. The van der Waals surface area contributed by atoms with Crippen LogP contribution in [0, 0.1) is 5.41 Å². The summed E-state index contributed by atoms with van der Waals surface area (Å²) in [5.74, 6) is 0. The molecule has 1 aromatic carbocycles. The van der Waals surface area contributed by atoms with Crippen LogP contribution < -0.4 is 62.4 Å². The van der Waals surface area contributed by atoms with E-state index in [1.165, 1.54) is 28.6 Å². The second-order valence-electron chi connectivity index (χ2n) is 11.5. The zero-order valence-electron chi connectivity index (χ0n) is 32.2. The number of benzene rings is 1. The van der Waals surface area contributed by atoms with E-state index in [0.717, 1.165) is 50.0 Å². The first kappa shape index (κ1) is 55.0. The van der Waals surface area contributed by atoms with E-state index >= 15 is 0 Å². The Labute approximate surface area is 339 Å². The molecule has 47 heavy (non-hydrogen) atoms. The van der Waals surface area contributed by atoms with Gasteiger partial charge in [0, 0.05) is 12.2 Å². The SMILES string of the molecule is C=C.C=C/C=C(\C)CNCCCC(O)c1ccccc1.CC.CC(C)(C)C.CCC1=C(/C(=C\[N-]C)N=CN)CC(C)=CC=C1.CS.[K+]. The van der Waals surface area contributed by atoms with Gasteiger partial charge in [-0.3, -0.25) is 0 Å². The third kappa shape index (κ3) is 35.7. The molecule has 0 amide bonds. The Morgan fingerprint density at radius 1 is 1.15 bits per heavy atom. The summed E-state index contributed by atoms with van der Waals surface area (Å²) in [5, 5.41) is 17.4. The van der Waals surface area contributed by atoms with E-state index in [1.54, 1.807) is 25.6 Å². The molecule has 7 heteroatoms. The number of aliphatic hydroxyl groups is 1. The van der Waals surface area contributed by atoms with Gasteiger partial charge in [0.05, 0.1) is 12.4 Å². The number of hydrogen-bond acceptors (Lipinski definition) is 4. The van der Waals surface area contributed by atoms with Crippen LogP contribution in [0.1, 0.15) is 99.7 Å². The maximum absolute atomic E-state index is 9.96. The zero-order chi connectivity index (χ0) is 36.4. The molecule has 0 fully saturated rings. The molecule has 0 spiro atoms. The van der Waals surface area contributed by atoms with Crippen molar-refractivity contribution in [1.29, 1.82) is 0 Å². The first-order valence-electron chi connectivity index (χ1n) is 16.2. The molecule has 5 nitrogen and oxygen atoms in total. The summed E-state index contributed by atoms with van der Waals surface area (Å²) >= 11 is 3.53. The third-order valence-corrected chi connectivity index (χ3v) is 5.50. The first-order chi connectivity index (χ1) is 22.0. The maximum Gasteiger partial charge on any atom is 1.00 e. The van der Waals surface area contributed by atoms with Gasteiger partial charge in [-0.2, -0.15) is 18.8 Å². The Bertz CT molecular complexity index is 1050. The minimum atomic E-state index is -0.349. The quantitative estimate of drug-likeness (QED) is 0.0340. The number of rotatable bonds is 12. The molecule has 1 aliphatic rings. The van der Waals surface area contributed by atoms with Gasteiger partial charge in [-0.05, 0) is 74.5 Å². The first-order valence-corrected chi connectivity index (χ1v) is 17.1. The van der Waals surface area contributed by atoms with Crippen molar-refractivity contribution in [3.05, 3.63) is 126 Å². The summed E-state index contributed by atoms with van der Waals surface area (Å²) in [6.07, 6.45) is 18.2. The van der Waals surface area contributed by atoms with E-state index in [1.807, 2.05) is 50.3 Å². The molecule has 0 bridgehead atoms. The van der Waals surface area contributed by atoms with Crippen LogP contribution in [0.15, 0.2) is 120 Å². The number of nitrogens with one attached hydrogen (secondary N) is 1. The second-order valence-corrected chi connectivity index (χ2v) is 11.5. The smallest absolute Gasteiger partial charge is 0.691 e. The largest absolute Gasteiger partial charge is 1.00 e. The van der Waals surface area contributed by atoms with Crippen LogP contribution in [0.3, 0.4) is 0 Å². The topological polar surface area (TPSA) is 84.7 Å². The van der Waals surface area contributed by atoms with Crippen molar-refractivity contribution < 1.29 is 56.5 Å². The van der Waals surface area contributed by atoms with Crippen LogP contribution in [-0.2, 0) is 0 Å². The molecule has 1 aliphatic carbocycles. The minimum Gasteiger partial charge on any atom is -0.691 e. The molecule has 0 aromatic heterocycles. The van der Waals surface area contributed by atoms with Gasteiger partial charge < -0.3 is 21.5 Å². The third-order valence-electron chi connectivity index (χ3n) is 5.50. The number of nitrogens with two attached hydrogens (primary N) is 1. The average Bonchev–Trinajstić information content (AvgIpc) is 3.24. The molecule has 0 saturated heterocycles. The second kappa shape index (κ2) is 39.0. The Morgan fingerprint density at radius 3 is 2.17 bits per heavy atom. The number of aliphatic hydroxyl groups excluding tert-OH is 1. The number of thiol groups is 1. The van der Waals surface area contributed by atoms with Crippen molar-refractivity contribution in [1.82, 2.24) is 5.32 Å². The normalized spacial score (nSPS) is 13.0. The standard InChI is InChI=1S/C16H23NO.C14H20N3.C5H12.C2H6.C2H4.CH4S.K/c1-3-8-14(2)13-17-12-7-11-16(18)15-9-5-4-6-10-15;1-4-12-7-5-6-11(2)8-13(12)14(9-16-3)17-10-15;1-5(2,3)4;3*1-2;/h3-6,8-10,16-18H,1,7,11-13H2,2H3;5-7,9-10H,4,8H2,1-3H3,(H2,15,17);1-4H3;1-2H3;1-2H2;2H,1H3;/q;-1;;;;;+1/b14-8+;14-9+;;;;;. The van der Waals surface area contributed by atoms with Crippen LogP contribution in [0.25, 0.3) is 5.32 Å². The fourth-order valence-electron chi connectivity index (χ4n) is 3.67. The van der Waals surface area contributed by atoms with E-state index in [0.29, 0.717) is 5.41 Å². The van der Waals surface area contributed by atoms with E-state index in [4.69, 9.17) is 5.73 Å². The molecule has 4 N–H and O–H groups in total. The molecule has 0 radical (unpaired) electrons. The fourth-order valence-corrected chi connectivity index (χ4v) is 3.67. The van der Waals surface area contributed by atoms with E-state index in [9.17, 15) is 5.11 Å². The van der Waals surface area contributed by atoms with Crippen molar-refractivity contribution >= 4 is 19.0 Å². The van der Waals surface area contributed by atoms with E-state index < -0.39 is 0 Å². The van der Waals surface area contributed by atoms with Gasteiger partial charge in [-0.25, -0.2) is 4.99 Å². The van der Waals surface area contributed by atoms with Gasteiger partial charge >= 0.3 is 51.4 Å². The Kier molecular flexibility index (Phi) is 45.7. The fraction of sp³-hybridized carbons (Fsp3) is 0.475. The van der Waals surface area contributed by atoms with E-state index in [2.05, 4.69) is 115 Å². The predicted molar refractivity (Wildman–Crippen MR) is 215 cm³/mol. The minimum absolute atomic E-state index is 0. The zero-order valence-corrected chi connectivity index (χ0v) is 36.3. The molecule has 1 aromatic rings. The molecular formula is C40H69KN4OS. The summed E-state index contributed by atoms with van der Waals surface area (Å²) in [5.41, 5.74) is 12.8. The number of hydrogen-bond donors (Lipinski definition) is 4. The average molecular weight is 693 g/mol. The number of allylic oxidation sites excluding steroid dienone is 8. The Morgan fingerprint density at radius 2 is 1.70 bits per heavy atom. The summed E-state index contributed by atoms with van der Waals surface area (Å²) in [7, 11) is 1.74. The molecule has 2 rings (SSSR count). The van der Waals surface area contributed by atoms with Crippen molar-refractivity contribution in [3.63, 3.8) is 0 Å². The number of aliphatic imine (C=N–C) groups is 1. The van der Waals surface area contributed by atoms with Gasteiger partial charge in [0.1, 0.15) is 0 Å². The molecule has 262 valence electrons. The molecule has 0 saturated carbocycles. The van der Waals surface area contributed by atoms with Gasteiger partial charge in [-0.15, -0.1) is 20.2 Å². The predicted octanol–water partition coefficient (Wildman–Crippen LogP) is 8.08. The Hall–Kier alpha value is -1.42. The number of nitrogens with zero attached hydrogens (tertiary/aromatic N) is 2. The van der Waals surface area contributed by atoms with Gasteiger partial charge in [-0.1, -0.05) is 127 Å². The van der Waals surface area contributed by atoms with Crippen LogP contribution in [0.4, 0.5) is 0 Å². The molecule has 0 heterocycles. The summed E-state index contributed by atoms with van der Waals surface area (Å²) in [6.45, 7) is 30.6. The van der Waals surface area contributed by atoms with Crippen molar-refractivity contribution in [3.8, 4) is 0 Å². The monoisotopic (exact) mass is 692 g/mol. The van der Waals surface area contributed by atoms with Crippen molar-refractivity contribution in [2.45, 2.75) is 94.1 Å². The Balaban J connectivity index is -0.000000189. The van der Waals surface area contributed by atoms with Gasteiger partial charge in [0.15, 0.2) is 0 Å².